The quantitative estimate of drug-likeness (QED) is 0.295. The summed E-state index contributed by atoms with van der Waals surface area (Å²) >= 11 is 6.07. The number of ether oxygens (including phenoxy) is 2. The Morgan fingerprint density at radius 3 is 2.18 bits per heavy atom. The van der Waals surface area contributed by atoms with E-state index >= 15 is 8.78 Å². The molecule has 0 atom stereocenters. The first-order chi connectivity index (χ1) is 18.0. The van der Waals surface area contributed by atoms with E-state index in [4.69, 9.17) is 16.3 Å². The number of hydrogen-bond donors (Lipinski definition) is 1. The molecule has 0 aliphatic carbocycles. The van der Waals surface area contributed by atoms with Gasteiger partial charge in [-0.2, -0.15) is 8.78 Å². The molecule has 0 spiro atoms. The highest BCUT2D eigenvalue weighted by Gasteiger charge is 2.28. The number of hydrogen-bond acceptors (Lipinski definition) is 4. The third-order valence-corrected chi connectivity index (χ3v) is 5.87. The maximum absolute atomic E-state index is 15.1. The summed E-state index contributed by atoms with van der Waals surface area (Å²) in [5, 5.41) is 1.86. The lowest BCUT2D eigenvalue weighted by molar-refractivity contribution is -0.0498. The van der Waals surface area contributed by atoms with Crippen LogP contribution in [0.1, 0.15) is 10.4 Å². The average Bonchev–Trinajstić information content (AvgIpc) is 3.09. The highest BCUT2D eigenvalue weighted by atomic mass is 35.5. The van der Waals surface area contributed by atoms with Crippen LogP contribution in [0, 0.1) is 17.5 Å². The lowest BCUT2D eigenvalue weighted by atomic mass is 10.1. The molecule has 4 aromatic rings. The van der Waals surface area contributed by atoms with Gasteiger partial charge in [0, 0.05) is 24.7 Å². The number of anilines is 1. The van der Waals surface area contributed by atoms with Crippen molar-refractivity contribution in [3.05, 3.63) is 93.0 Å². The van der Waals surface area contributed by atoms with Crippen LogP contribution in [0.15, 0.2) is 59.4 Å². The van der Waals surface area contributed by atoms with Crippen LogP contribution >= 0.6 is 11.6 Å². The molecule has 0 aliphatic heterocycles. The molecular weight excluding hydrogens is 537 g/mol. The van der Waals surface area contributed by atoms with Gasteiger partial charge >= 0.3 is 6.61 Å². The van der Waals surface area contributed by atoms with Crippen LogP contribution in [-0.4, -0.2) is 29.0 Å². The Kier molecular flexibility index (Phi) is 7.44. The summed E-state index contributed by atoms with van der Waals surface area (Å²) in [6.45, 7) is -3.08. The summed E-state index contributed by atoms with van der Waals surface area (Å²) in [5.74, 6) is -4.38. The van der Waals surface area contributed by atoms with Gasteiger partial charge in [0.15, 0.2) is 0 Å². The van der Waals surface area contributed by atoms with Gasteiger partial charge in [-0.1, -0.05) is 17.7 Å². The van der Waals surface area contributed by atoms with Crippen LogP contribution in [0.5, 0.6) is 11.5 Å². The Morgan fingerprint density at radius 2 is 1.61 bits per heavy atom. The van der Waals surface area contributed by atoms with E-state index in [9.17, 15) is 22.8 Å². The normalized spacial score (nSPS) is 11.1. The fourth-order valence-corrected chi connectivity index (χ4v) is 4.01. The molecule has 13 heteroatoms. The standard InChI is InChI=1S/C25H17ClF5N3O4/c1-33-22(19-16(28)10-14(37-2)11-17(19)29)21(24(36)34(33)18-5-3-4-15(27)20(18)26)32-23(35)12-6-8-13(9-7-12)38-25(30)31/h3-11,25H,1-2H3,(H,32,35). The second kappa shape index (κ2) is 10.6. The first-order valence-electron chi connectivity index (χ1n) is 10.7. The summed E-state index contributed by atoms with van der Waals surface area (Å²) < 4.78 is 80.2. The maximum Gasteiger partial charge on any atom is 0.387 e. The van der Waals surface area contributed by atoms with E-state index in [0.717, 1.165) is 51.8 Å². The molecule has 0 saturated heterocycles. The minimum Gasteiger partial charge on any atom is -0.497 e. The average molecular weight is 554 g/mol. The lowest BCUT2D eigenvalue weighted by Crippen LogP contribution is -2.23. The van der Waals surface area contributed by atoms with Gasteiger partial charge in [-0.05, 0) is 36.4 Å². The number of nitrogens with one attached hydrogen (secondary N) is 1. The van der Waals surface area contributed by atoms with Crippen molar-refractivity contribution in [2.75, 3.05) is 12.4 Å². The molecule has 1 N–H and O–H groups in total. The Hall–Kier alpha value is -4.32. The van der Waals surface area contributed by atoms with Gasteiger partial charge < -0.3 is 14.8 Å². The van der Waals surface area contributed by atoms with E-state index in [1.165, 1.54) is 26.3 Å². The van der Waals surface area contributed by atoms with Gasteiger partial charge in [0.25, 0.3) is 11.5 Å². The number of carbonyl (C=O) groups excluding carboxylic acids is 1. The number of rotatable bonds is 7. The lowest BCUT2D eigenvalue weighted by Gasteiger charge is -2.14. The van der Waals surface area contributed by atoms with Crippen LogP contribution in [0.25, 0.3) is 16.9 Å². The van der Waals surface area contributed by atoms with Gasteiger partial charge in [0.1, 0.15) is 45.4 Å². The number of alkyl halides is 2. The van der Waals surface area contributed by atoms with Gasteiger partial charge in [-0.15, -0.1) is 0 Å². The van der Waals surface area contributed by atoms with E-state index in [-0.39, 0.29) is 22.7 Å². The molecule has 1 heterocycles. The first-order valence-corrected chi connectivity index (χ1v) is 11.1. The fourth-order valence-electron chi connectivity index (χ4n) is 3.80. The Morgan fingerprint density at radius 1 is 0.974 bits per heavy atom. The number of methoxy groups -OCH3 is 1. The maximum atomic E-state index is 15.1. The number of benzene rings is 3. The minimum absolute atomic E-state index is 0.0909. The molecule has 0 unspecified atom stereocenters. The van der Waals surface area contributed by atoms with Crippen molar-refractivity contribution >= 4 is 23.2 Å². The van der Waals surface area contributed by atoms with Gasteiger partial charge in [-0.3, -0.25) is 14.3 Å². The summed E-state index contributed by atoms with van der Waals surface area (Å²) in [7, 11) is 2.46. The number of halogens is 6. The molecular formula is C25H17ClF5N3O4. The highest BCUT2D eigenvalue weighted by molar-refractivity contribution is 6.32. The molecule has 0 radical (unpaired) electrons. The molecule has 1 amide bonds. The molecule has 38 heavy (non-hydrogen) atoms. The summed E-state index contributed by atoms with van der Waals surface area (Å²) in [4.78, 5) is 26.5. The van der Waals surface area contributed by atoms with Crippen molar-refractivity contribution in [2.24, 2.45) is 7.05 Å². The van der Waals surface area contributed by atoms with Crippen LogP contribution in [0.4, 0.5) is 27.6 Å². The Balaban J connectivity index is 1.90. The molecule has 0 bridgehead atoms. The number of aromatic nitrogens is 2. The molecule has 4 rings (SSSR count). The molecule has 0 fully saturated rings. The largest absolute Gasteiger partial charge is 0.497 e. The third-order valence-electron chi connectivity index (χ3n) is 5.49. The predicted molar refractivity (Wildman–Crippen MR) is 129 cm³/mol. The molecule has 7 nitrogen and oxygen atoms in total. The van der Waals surface area contributed by atoms with E-state index in [0.29, 0.717) is 0 Å². The molecule has 0 saturated carbocycles. The van der Waals surface area contributed by atoms with Crippen molar-refractivity contribution < 1.29 is 36.2 Å². The zero-order valence-electron chi connectivity index (χ0n) is 19.6. The monoisotopic (exact) mass is 553 g/mol. The molecule has 1 aromatic heterocycles. The smallest absolute Gasteiger partial charge is 0.387 e. The van der Waals surface area contributed by atoms with Crippen LogP contribution in [0.3, 0.4) is 0 Å². The van der Waals surface area contributed by atoms with Crippen LogP contribution in [0.2, 0.25) is 5.02 Å². The molecule has 198 valence electrons. The van der Waals surface area contributed by atoms with Gasteiger partial charge in [0.05, 0.1) is 18.4 Å². The van der Waals surface area contributed by atoms with Gasteiger partial charge in [-0.25, -0.2) is 17.9 Å². The minimum atomic E-state index is -3.08. The van der Waals surface area contributed by atoms with Crippen LogP contribution in [-0.2, 0) is 7.05 Å². The topological polar surface area (TPSA) is 74.5 Å². The third kappa shape index (κ3) is 4.94. The van der Waals surface area contributed by atoms with Crippen molar-refractivity contribution in [1.29, 1.82) is 0 Å². The highest BCUT2D eigenvalue weighted by Crippen LogP contribution is 2.35. The molecule has 0 aliphatic rings. The van der Waals surface area contributed by atoms with E-state index in [2.05, 4.69) is 10.1 Å². The summed E-state index contributed by atoms with van der Waals surface area (Å²) in [6, 6.07) is 9.86. The zero-order valence-corrected chi connectivity index (χ0v) is 20.3. The van der Waals surface area contributed by atoms with E-state index in [1.54, 1.807) is 0 Å². The predicted octanol–water partition coefficient (Wildman–Crippen LogP) is 5.78. The number of amides is 1. The number of nitrogens with zero attached hydrogens (tertiary/aromatic N) is 2. The summed E-state index contributed by atoms with van der Waals surface area (Å²) in [5.41, 5.74) is -2.90. The van der Waals surface area contributed by atoms with Crippen molar-refractivity contribution in [3.63, 3.8) is 0 Å². The van der Waals surface area contributed by atoms with Crippen molar-refractivity contribution in [2.45, 2.75) is 6.61 Å². The SMILES string of the molecule is COc1cc(F)c(-c2c(NC(=O)c3ccc(OC(F)F)cc3)c(=O)n(-c3cccc(F)c3Cl)n2C)c(F)c1. The van der Waals surface area contributed by atoms with E-state index in [1.807, 2.05) is 0 Å². The van der Waals surface area contributed by atoms with Gasteiger partial charge in [0.2, 0.25) is 0 Å². The van der Waals surface area contributed by atoms with Crippen LogP contribution < -0.4 is 20.3 Å². The Bertz CT molecular complexity index is 1560. The van der Waals surface area contributed by atoms with Crippen molar-refractivity contribution in [3.8, 4) is 28.4 Å². The number of carbonyl (C=O) groups is 1. The summed E-state index contributed by atoms with van der Waals surface area (Å²) in [6.07, 6.45) is 0. The fraction of sp³-hybridized carbons (Fsp3) is 0.120. The zero-order chi connectivity index (χ0) is 27.7. The molecule has 3 aromatic carbocycles. The van der Waals surface area contributed by atoms with E-state index < -0.39 is 57.5 Å². The Labute approximate surface area is 216 Å². The second-order valence-corrected chi connectivity index (χ2v) is 8.14. The second-order valence-electron chi connectivity index (χ2n) is 7.76. The first kappa shape index (κ1) is 26.7. The van der Waals surface area contributed by atoms with Crippen molar-refractivity contribution in [1.82, 2.24) is 9.36 Å².